The SMILES string of the molecule is Cn1nc([N+](=O)[O-])n(CC(O)CO[N+](=O)[O-])c1=O. The molecule has 0 aromatic carbocycles. The van der Waals surface area contributed by atoms with Crippen molar-refractivity contribution in [3.8, 4) is 0 Å². The molecule has 1 heterocycles. The topological polar surface area (TPSA) is 156 Å². The Morgan fingerprint density at radius 2 is 2.11 bits per heavy atom. The molecule has 12 nitrogen and oxygen atoms in total. The summed E-state index contributed by atoms with van der Waals surface area (Å²) < 4.78 is 1.31. The molecule has 1 rings (SSSR count). The van der Waals surface area contributed by atoms with E-state index in [0.29, 0.717) is 4.57 Å². The normalized spacial score (nSPS) is 12.1. The van der Waals surface area contributed by atoms with E-state index in [1.807, 2.05) is 0 Å². The number of aryl methyl sites for hydroxylation is 1. The maximum atomic E-state index is 11.4. The Kier molecular flexibility index (Phi) is 3.93. The fourth-order valence-corrected chi connectivity index (χ4v) is 1.20. The number of hydrogen-bond acceptors (Lipinski definition) is 8. The van der Waals surface area contributed by atoms with E-state index in [0.717, 1.165) is 4.68 Å². The number of hydrogen-bond donors (Lipinski definition) is 1. The highest BCUT2D eigenvalue weighted by atomic mass is 17.0. The molecule has 100 valence electrons. The van der Waals surface area contributed by atoms with E-state index in [2.05, 4.69) is 9.94 Å². The molecular weight excluding hydrogens is 254 g/mol. The van der Waals surface area contributed by atoms with Crippen LogP contribution in [0.5, 0.6) is 0 Å². The van der Waals surface area contributed by atoms with Gasteiger partial charge in [-0.1, -0.05) is 0 Å². The van der Waals surface area contributed by atoms with Gasteiger partial charge in [0, 0.05) is 5.10 Å². The van der Waals surface area contributed by atoms with Gasteiger partial charge in [-0.05, 0) is 4.92 Å². The van der Waals surface area contributed by atoms with Gasteiger partial charge in [-0.2, -0.15) is 4.57 Å². The zero-order valence-corrected chi connectivity index (χ0v) is 9.12. The van der Waals surface area contributed by atoms with E-state index in [9.17, 15) is 30.1 Å². The summed E-state index contributed by atoms with van der Waals surface area (Å²) in [5, 5.41) is 32.0. The van der Waals surface area contributed by atoms with E-state index >= 15 is 0 Å². The molecule has 0 saturated carbocycles. The molecule has 0 aliphatic carbocycles. The molecule has 0 radical (unpaired) electrons. The molecule has 0 saturated heterocycles. The fraction of sp³-hybridized carbons (Fsp3) is 0.667. The zero-order chi connectivity index (χ0) is 13.9. The van der Waals surface area contributed by atoms with E-state index in [1.54, 1.807) is 0 Å². The van der Waals surface area contributed by atoms with Gasteiger partial charge in [-0.3, -0.25) is 0 Å². The summed E-state index contributed by atoms with van der Waals surface area (Å²) in [6, 6.07) is 0. The van der Waals surface area contributed by atoms with Gasteiger partial charge in [0.2, 0.25) is 0 Å². The number of aliphatic hydroxyl groups excluding tert-OH is 1. The van der Waals surface area contributed by atoms with Crippen LogP contribution in [0.4, 0.5) is 5.95 Å². The highest BCUT2D eigenvalue weighted by molar-refractivity contribution is 5.03. The maximum absolute atomic E-state index is 11.4. The molecule has 18 heavy (non-hydrogen) atoms. The minimum absolute atomic E-state index is 0.531. The first-order valence-electron chi connectivity index (χ1n) is 4.56. The molecule has 1 atom stereocenters. The van der Waals surface area contributed by atoms with Gasteiger partial charge in [0.05, 0.1) is 7.05 Å². The number of aromatic nitrogens is 3. The van der Waals surface area contributed by atoms with Crippen molar-refractivity contribution in [2.75, 3.05) is 6.61 Å². The van der Waals surface area contributed by atoms with Gasteiger partial charge in [-0.15, -0.1) is 14.8 Å². The Hall–Kier alpha value is -2.50. The molecular formula is C6H9N5O7. The number of nitrogens with zero attached hydrogens (tertiary/aromatic N) is 5. The van der Waals surface area contributed by atoms with Crippen LogP contribution in [-0.4, -0.2) is 42.2 Å². The first kappa shape index (κ1) is 13.6. The third-order valence-corrected chi connectivity index (χ3v) is 1.92. The lowest BCUT2D eigenvalue weighted by atomic mass is 10.4. The second-order valence-electron chi connectivity index (χ2n) is 3.25. The molecule has 1 aromatic rings. The number of aliphatic hydroxyl groups is 1. The van der Waals surface area contributed by atoms with Crippen LogP contribution in [0.25, 0.3) is 0 Å². The predicted octanol–water partition coefficient (Wildman–Crippen LogP) is -1.94. The van der Waals surface area contributed by atoms with Gasteiger partial charge in [0.15, 0.2) is 0 Å². The largest absolute Gasteiger partial charge is 0.459 e. The lowest BCUT2D eigenvalue weighted by molar-refractivity contribution is -0.759. The maximum Gasteiger partial charge on any atom is 0.459 e. The van der Waals surface area contributed by atoms with Crippen molar-refractivity contribution in [3.05, 3.63) is 30.7 Å². The zero-order valence-electron chi connectivity index (χ0n) is 9.12. The van der Waals surface area contributed by atoms with Crippen LogP contribution >= 0.6 is 0 Å². The minimum Gasteiger partial charge on any atom is -0.390 e. The molecule has 0 aliphatic heterocycles. The Labute approximate surface area is 98.3 Å². The van der Waals surface area contributed by atoms with Gasteiger partial charge in [0.25, 0.3) is 5.09 Å². The first-order chi connectivity index (χ1) is 8.32. The third-order valence-electron chi connectivity index (χ3n) is 1.92. The van der Waals surface area contributed by atoms with E-state index in [4.69, 9.17) is 0 Å². The van der Waals surface area contributed by atoms with Crippen molar-refractivity contribution in [1.82, 2.24) is 14.3 Å². The lowest BCUT2D eigenvalue weighted by Gasteiger charge is -2.06. The van der Waals surface area contributed by atoms with Crippen molar-refractivity contribution < 1.29 is 20.0 Å². The van der Waals surface area contributed by atoms with Crippen LogP contribution < -0.4 is 5.69 Å². The standard InChI is InChI=1S/C6H9N5O7/c1-8-6(13)9(5(7-8)10(14)15)2-4(12)3-18-11(16)17/h4,12H,2-3H2,1H3. The van der Waals surface area contributed by atoms with Gasteiger partial charge in [-0.25, -0.2) is 4.79 Å². The molecule has 0 bridgehead atoms. The number of rotatable bonds is 6. The van der Waals surface area contributed by atoms with Crippen LogP contribution in [0.1, 0.15) is 0 Å². The highest BCUT2D eigenvalue weighted by Crippen LogP contribution is 2.04. The van der Waals surface area contributed by atoms with E-state index < -0.39 is 40.9 Å². The van der Waals surface area contributed by atoms with Crippen molar-refractivity contribution in [3.63, 3.8) is 0 Å². The van der Waals surface area contributed by atoms with Crippen molar-refractivity contribution in [2.45, 2.75) is 12.6 Å². The summed E-state index contributed by atoms with van der Waals surface area (Å²) in [5.41, 5.74) is -0.818. The second kappa shape index (κ2) is 5.22. The highest BCUT2D eigenvalue weighted by Gasteiger charge is 2.25. The molecule has 0 aliphatic rings. The summed E-state index contributed by atoms with van der Waals surface area (Å²) >= 11 is 0. The molecule has 0 spiro atoms. The van der Waals surface area contributed by atoms with Gasteiger partial charge >= 0.3 is 11.6 Å². The van der Waals surface area contributed by atoms with Crippen LogP contribution in [0.15, 0.2) is 4.79 Å². The Morgan fingerprint density at radius 1 is 1.50 bits per heavy atom. The molecule has 1 N–H and O–H groups in total. The monoisotopic (exact) mass is 263 g/mol. The first-order valence-corrected chi connectivity index (χ1v) is 4.56. The smallest absolute Gasteiger partial charge is 0.390 e. The van der Waals surface area contributed by atoms with Crippen LogP contribution in [0.2, 0.25) is 0 Å². The average Bonchev–Trinajstić information content (AvgIpc) is 2.54. The summed E-state index contributed by atoms with van der Waals surface area (Å²) in [6.45, 7) is -1.23. The van der Waals surface area contributed by atoms with Crippen LogP contribution in [-0.2, 0) is 18.4 Å². The van der Waals surface area contributed by atoms with E-state index in [-0.39, 0.29) is 0 Å². The van der Waals surface area contributed by atoms with Crippen molar-refractivity contribution in [1.29, 1.82) is 0 Å². The summed E-state index contributed by atoms with van der Waals surface area (Å²) in [7, 11) is 1.20. The Bertz CT molecular complexity index is 519. The predicted molar refractivity (Wildman–Crippen MR) is 53.1 cm³/mol. The summed E-state index contributed by atoms with van der Waals surface area (Å²) in [6.07, 6.45) is -1.45. The third kappa shape index (κ3) is 3.00. The average molecular weight is 263 g/mol. The van der Waals surface area contributed by atoms with Gasteiger partial charge < -0.3 is 20.1 Å². The summed E-state index contributed by atoms with van der Waals surface area (Å²) in [4.78, 5) is 34.9. The summed E-state index contributed by atoms with van der Waals surface area (Å²) in [5.74, 6) is -0.761. The molecule has 1 aromatic heterocycles. The van der Waals surface area contributed by atoms with Gasteiger partial charge in [0.1, 0.15) is 19.3 Å². The van der Waals surface area contributed by atoms with Crippen molar-refractivity contribution in [2.24, 2.45) is 7.05 Å². The van der Waals surface area contributed by atoms with E-state index in [1.165, 1.54) is 7.05 Å². The minimum atomic E-state index is -1.45. The molecule has 0 amide bonds. The molecule has 12 heteroatoms. The number of nitro groups is 1. The van der Waals surface area contributed by atoms with Crippen LogP contribution in [0.3, 0.4) is 0 Å². The molecule has 1 unspecified atom stereocenters. The fourth-order valence-electron chi connectivity index (χ4n) is 1.20. The Balaban J connectivity index is 2.86. The quantitative estimate of drug-likeness (QED) is 0.458. The molecule has 0 fully saturated rings. The van der Waals surface area contributed by atoms with Crippen LogP contribution in [0, 0.1) is 20.2 Å². The Morgan fingerprint density at radius 3 is 2.61 bits per heavy atom. The second-order valence-corrected chi connectivity index (χ2v) is 3.25. The van der Waals surface area contributed by atoms with Crippen molar-refractivity contribution >= 4 is 5.95 Å². The lowest BCUT2D eigenvalue weighted by Crippen LogP contribution is -2.31.